The van der Waals surface area contributed by atoms with Crippen LogP contribution >= 0.6 is 11.3 Å². The summed E-state index contributed by atoms with van der Waals surface area (Å²) in [5, 5.41) is 24.4. The van der Waals surface area contributed by atoms with Gasteiger partial charge in [0.25, 0.3) is 0 Å². The lowest BCUT2D eigenvalue weighted by atomic mass is 10.3. The first kappa shape index (κ1) is 17.6. The van der Waals surface area contributed by atoms with Crippen LogP contribution in [0.15, 0.2) is 28.6 Å². The van der Waals surface area contributed by atoms with Gasteiger partial charge in [0.2, 0.25) is 10.0 Å². The van der Waals surface area contributed by atoms with Gasteiger partial charge in [0.15, 0.2) is 11.6 Å². The van der Waals surface area contributed by atoms with Crippen molar-refractivity contribution in [3.8, 4) is 10.7 Å². The molecule has 1 saturated carbocycles. The molecule has 0 amide bonds. The maximum absolute atomic E-state index is 11.5. The number of nitrogens with two attached hydrogens (primary N) is 1. The minimum absolute atomic E-state index is 0.0284. The summed E-state index contributed by atoms with van der Waals surface area (Å²) in [4.78, 5) is 20.2. The van der Waals surface area contributed by atoms with E-state index in [0.717, 1.165) is 36.1 Å². The third kappa shape index (κ3) is 3.67. The predicted molar refractivity (Wildman–Crippen MR) is 97.5 cm³/mol. The number of nitrogens with zero attached hydrogens (tertiary/aromatic N) is 3. The van der Waals surface area contributed by atoms with Crippen LogP contribution in [0.4, 0.5) is 11.6 Å². The lowest BCUT2D eigenvalue weighted by Gasteiger charge is -2.07. The predicted octanol–water partition coefficient (Wildman–Crippen LogP) is 1.89. The molecular weight excluding hydrogens is 392 g/mol. The summed E-state index contributed by atoms with van der Waals surface area (Å²) in [5.41, 5.74) is 0.859. The average molecular weight is 406 g/mol. The van der Waals surface area contributed by atoms with E-state index < -0.39 is 16.0 Å². The van der Waals surface area contributed by atoms with Gasteiger partial charge in [-0.15, -0.1) is 11.3 Å². The van der Waals surface area contributed by atoms with Gasteiger partial charge >= 0.3 is 5.97 Å². The third-order valence-electron chi connectivity index (χ3n) is 3.96. The number of aromatic amines is 1. The number of rotatable bonds is 6. The Hall–Kier alpha value is -2.83. The fourth-order valence-corrected chi connectivity index (χ4v) is 4.14. The summed E-state index contributed by atoms with van der Waals surface area (Å²) in [6.45, 7) is 0. The van der Waals surface area contributed by atoms with E-state index in [-0.39, 0.29) is 21.4 Å². The molecular formula is C15H14N6O4S2. The molecule has 1 aliphatic rings. The molecule has 0 aliphatic heterocycles. The van der Waals surface area contributed by atoms with Gasteiger partial charge in [0, 0.05) is 23.9 Å². The molecule has 27 heavy (non-hydrogen) atoms. The van der Waals surface area contributed by atoms with Crippen LogP contribution in [0.25, 0.3) is 10.7 Å². The monoisotopic (exact) mass is 406 g/mol. The minimum Gasteiger partial charge on any atom is -0.477 e. The Balaban J connectivity index is 1.69. The molecule has 140 valence electrons. The smallest absolute Gasteiger partial charge is 0.341 e. The van der Waals surface area contributed by atoms with Crippen molar-refractivity contribution in [2.45, 2.75) is 23.0 Å². The second-order valence-corrected chi connectivity index (χ2v) is 8.90. The number of hydrogen-bond acceptors (Lipinski definition) is 8. The molecule has 10 nitrogen and oxygen atoms in total. The number of sulfonamides is 1. The fraction of sp³-hybridized carbons (Fsp3) is 0.200. The molecule has 0 radical (unpaired) electrons. The lowest BCUT2D eigenvalue weighted by molar-refractivity contribution is 0.0697. The number of aromatic nitrogens is 4. The van der Waals surface area contributed by atoms with Gasteiger partial charge in [-0.1, -0.05) is 0 Å². The highest BCUT2D eigenvalue weighted by molar-refractivity contribution is 7.91. The van der Waals surface area contributed by atoms with E-state index in [1.807, 2.05) is 6.07 Å². The first-order valence-corrected chi connectivity index (χ1v) is 10.2. The van der Waals surface area contributed by atoms with Crippen molar-refractivity contribution in [2.75, 3.05) is 5.32 Å². The van der Waals surface area contributed by atoms with Crippen molar-refractivity contribution in [1.82, 2.24) is 20.2 Å². The van der Waals surface area contributed by atoms with Gasteiger partial charge in [-0.05, 0) is 25.0 Å². The quantitative estimate of drug-likeness (QED) is 0.482. The summed E-state index contributed by atoms with van der Waals surface area (Å²) in [6, 6.07) is 4.69. The van der Waals surface area contributed by atoms with Crippen molar-refractivity contribution in [1.29, 1.82) is 0 Å². The van der Waals surface area contributed by atoms with Crippen LogP contribution in [0.5, 0.6) is 0 Å². The van der Waals surface area contributed by atoms with Crippen LogP contribution in [0, 0.1) is 0 Å². The number of anilines is 2. The fourth-order valence-electron chi connectivity index (χ4n) is 2.47. The molecule has 0 bridgehead atoms. The Kier molecular flexibility index (Phi) is 4.17. The standard InChI is InChI=1S/C15H14N6O4S2/c16-27(24,25)12-4-3-10(26-12)14-17-6-8(15(22)23)13(19-14)18-11-5-9(20-21-11)7-1-2-7/h3-7H,1-2H2,(H,22,23)(H2,16,24,25)(H2,17,18,19,20,21). The summed E-state index contributed by atoms with van der Waals surface area (Å²) in [7, 11) is -3.83. The molecule has 0 spiro atoms. The number of carboxylic acids is 1. The Bertz CT molecular complexity index is 1130. The molecule has 3 aromatic rings. The maximum Gasteiger partial charge on any atom is 0.341 e. The lowest BCUT2D eigenvalue weighted by Crippen LogP contribution is -2.09. The van der Waals surface area contributed by atoms with Gasteiger partial charge < -0.3 is 10.4 Å². The number of carboxylic acid groups (broad SMARTS) is 1. The van der Waals surface area contributed by atoms with Crippen LogP contribution in [-0.2, 0) is 10.0 Å². The summed E-state index contributed by atoms with van der Waals surface area (Å²) in [6.07, 6.45) is 3.37. The first-order valence-electron chi connectivity index (χ1n) is 7.87. The number of hydrogen-bond donors (Lipinski definition) is 4. The Morgan fingerprint density at radius 3 is 2.78 bits per heavy atom. The second kappa shape index (κ2) is 6.40. The highest BCUT2D eigenvalue weighted by atomic mass is 32.2. The zero-order chi connectivity index (χ0) is 19.2. The van der Waals surface area contributed by atoms with Crippen molar-refractivity contribution in [3.63, 3.8) is 0 Å². The first-order chi connectivity index (χ1) is 12.8. The number of aromatic carboxylic acids is 1. The topological polar surface area (TPSA) is 164 Å². The zero-order valence-electron chi connectivity index (χ0n) is 13.7. The van der Waals surface area contributed by atoms with Gasteiger partial charge in [-0.3, -0.25) is 5.10 Å². The third-order valence-corrected chi connectivity index (χ3v) is 6.48. The van der Waals surface area contributed by atoms with E-state index in [1.165, 1.54) is 12.1 Å². The Morgan fingerprint density at radius 1 is 1.37 bits per heavy atom. The van der Waals surface area contributed by atoms with Gasteiger partial charge in [-0.2, -0.15) is 5.10 Å². The normalized spacial score (nSPS) is 14.3. The molecule has 1 fully saturated rings. The molecule has 4 rings (SSSR count). The molecule has 1 aliphatic carbocycles. The van der Waals surface area contributed by atoms with E-state index in [1.54, 1.807) is 0 Å². The molecule has 0 aromatic carbocycles. The SMILES string of the molecule is NS(=O)(=O)c1ccc(-c2ncc(C(=O)O)c(Nc3cc(C4CC4)[nH]n3)n2)s1. The molecule has 3 aromatic heterocycles. The number of H-pyrrole nitrogens is 1. The van der Waals surface area contributed by atoms with Crippen LogP contribution in [0.1, 0.15) is 34.8 Å². The van der Waals surface area contributed by atoms with Gasteiger partial charge in [0.1, 0.15) is 15.6 Å². The van der Waals surface area contributed by atoms with Crippen molar-refractivity contribution < 1.29 is 18.3 Å². The number of primary sulfonamides is 1. The molecule has 0 atom stereocenters. The second-order valence-electron chi connectivity index (χ2n) is 6.03. The highest BCUT2D eigenvalue weighted by Gasteiger charge is 2.26. The average Bonchev–Trinajstić information content (AvgIpc) is 3.14. The van der Waals surface area contributed by atoms with E-state index in [2.05, 4.69) is 25.5 Å². The Labute approximate surface area is 157 Å². The van der Waals surface area contributed by atoms with Gasteiger partial charge in [-0.25, -0.2) is 28.3 Å². The van der Waals surface area contributed by atoms with E-state index in [0.29, 0.717) is 16.6 Å². The van der Waals surface area contributed by atoms with Crippen molar-refractivity contribution >= 4 is 39.0 Å². The molecule has 5 N–H and O–H groups in total. The van der Waals surface area contributed by atoms with Crippen molar-refractivity contribution in [3.05, 3.63) is 35.7 Å². The molecule has 3 heterocycles. The van der Waals surface area contributed by atoms with Gasteiger partial charge in [0.05, 0.1) is 4.88 Å². The molecule has 0 saturated heterocycles. The van der Waals surface area contributed by atoms with E-state index in [9.17, 15) is 18.3 Å². The number of nitrogens with one attached hydrogen (secondary N) is 2. The minimum atomic E-state index is -3.83. The van der Waals surface area contributed by atoms with E-state index in [4.69, 9.17) is 5.14 Å². The van der Waals surface area contributed by atoms with Crippen LogP contribution in [-0.4, -0.2) is 39.7 Å². The van der Waals surface area contributed by atoms with Crippen LogP contribution in [0.3, 0.4) is 0 Å². The summed E-state index contributed by atoms with van der Waals surface area (Å²) >= 11 is 0.904. The highest BCUT2D eigenvalue weighted by Crippen LogP contribution is 2.39. The summed E-state index contributed by atoms with van der Waals surface area (Å²) in [5.74, 6) is -0.0400. The van der Waals surface area contributed by atoms with Crippen molar-refractivity contribution in [2.24, 2.45) is 5.14 Å². The van der Waals surface area contributed by atoms with E-state index >= 15 is 0 Å². The van der Waals surface area contributed by atoms with Crippen LogP contribution < -0.4 is 10.5 Å². The molecule has 0 unspecified atom stereocenters. The van der Waals surface area contributed by atoms with Crippen LogP contribution in [0.2, 0.25) is 0 Å². The summed E-state index contributed by atoms with van der Waals surface area (Å²) < 4.78 is 22.8. The number of thiophene rings is 1. The zero-order valence-corrected chi connectivity index (χ0v) is 15.3. The number of carbonyl (C=O) groups is 1. The largest absolute Gasteiger partial charge is 0.477 e. The maximum atomic E-state index is 11.5. The molecule has 12 heteroatoms. The Morgan fingerprint density at radius 2 is 2.15 bits per heavy atom.